The van der Waals surface area contributed by atoms with Crippen LogP contribution in [-0.4, -0.2) is 111 Å². The number of H-pyrrole nitrogens is 2. The molecule has 4 N–H and O–H groups in total. The van der Waals surface area contributed by atoms with Gasteiger partial charge in [-0.1, -0.05) is 24.3 Å². The molecule has 17 heteroatoms. The van der Waals surface area contributed by atoms with Crippen LogP contribution in [0.5, 0.6) is 23.0 Å². The molecule has 4 aromatic heterocycles. The van der Waals surface area contributed by atoms with Crippen molar-refractivity contribution in [3.8, 4) is 45.5 Å². The second-order valence-corrected chi connectivity index (χ2v) is 20.2. The molecule has 0 atom stereocenters. The fraction of sp³-hybridized carbons (Fsp3) is 0.279. The standard InChI is InChI=1S/C33H36N6O3.C28H25FN4O3/c1-37-9-11-39(12-10-37)31-17-23(7-8-34-31)22-35-26-5-6-30-25(19-26)18-24-3-2-4-28(33(24)42-30)29-20-27(21-32(40)36-29)38-13-15-41-16-14-38;29-26-12-18(6-7-30-26)17-31-21-4-5-25-20(14-21)13-19-2-1-3-23(28(19)36-25)24-15-22(16-27(34)32-24)33-8-10-35-11-9-33/h2-8,17,19-21,35H,9-16,18,22H2,1H3,(H,36,40);1-7,12,14-16,31H,8-11,13,17H2,(H,32,34). The summed E-state index contributed by atoms with van der Waals surface area (Å²) in [4.78, 5) is 48.5. The molecule has 0 amide bonds. The van der Waals surface area contributed by atoms with Crippen molar-refractivity contribution < 1.29 is 23.3 Å². The summed E-state index contributed by atoms with van der Waals surface area (Å²) in [5.41, 5.74) is 13.1. The maximum atomic E-state index is 13.4. The number of ether oxygens (including phenoxy) is 4. The molecule has 0 aliphatic carbocycles. The zero-order valence-corrected chi connectivity index (χ0v) is 43.5. The van der Waals surface area contributed by atoms with E-state index in [1.165, 1.54) is 17.8 Å². The molecule has 16 nitrogen and oxygen atoms in total. The Labute approximate surface area is 451 Å². The van der Waals surface area contributed by atoms with Gasteiger partial charge in [0, 0.05) is 148 Å². The topological polar surface area (TPSA) is 165 Å². The third-order valence-electron chi connectivity index (χ3n) is 14.9. The summed E-state index contributed by atoms with van der Waals surface area (Å²) in [5, 5.41) is 6.93. The van der Waals surface area contributed by atoms with Crippen molar-refractivity contribution in [3.05, 3.63) is 194 Å². The average molecular weight is 1050 g/mol. The number of aromatic nitrogens is 4. The number of morpholine rings is 2. The van der Waals surface area contributed by atoms with Gasteiger partial charge < -0.3 is 59.1 Å². The predicted molar refractivity (Wildman–Crippen MR) is 303 cm³/mol. The number of benzene rings is 4. The lowest BCUT2D eigenvalue weighted by Gasteiger charge is -2.33. The summed E-state index contributed by atoms with van der Waals surface area (Å²) < 4.78 is 37.2. The monoisotopic (exact) mass is 1050 g/mol. The lowest BCUT2D eigenvalue weighted by molar-refractivity contribution is 0.122. The minimum Gasteiger partial charge on any atom is -0.456 e. The summed E-state index contributed by atoms with van der Waals surface area (Å²) >= 11 is 0. The lowest BCUT2D eigenvalue weighted by Crippen LogP contribution is -2.44. The van der Waals surface area contributed by atoms with Crippen molar-refractivity contribution in [3.63, 3.8) is 0 Å². The maximum absolute atomic E-state index is 13.4. The van der Waals surface area contributed by atoms with Crippen LogP contribution < -0.4 is 45.9 Å². The molecule has 8 aromatic rings. The molecule has 9 heterocycles. The first kappa shape index (κ1) is 50.3. The van der Waals surface area contributed by atoms with Crippen molar-refractivity contribution in [2.75, 3.05) is 111 Å². The van der Waals surface area contributed by atoms with Gasteiger partial charge in [0.2, 0.25) is 17.1 Å². The van der Waals surface area contributed by atoms with Crippen LogP contribution in [0, 0.1) is 5.95 Å². The Morgan fingerprint density at radius 3 is 1.54 bits per heavy atom. The molecule has 13 rings (SSSR count). The largest absolute Gasteiger partial charge is 0.456 e. The smallest absolute Gasteiger partial charge is 0.250 e. The van der Waals surface area contributed by atoms with Gasteiger partial charge in [0.15, 0.2) is 0 Å². The van der Waals surface area contributed by atoms with Gasteiger partial charge in [-0.15, -0.1) is 0 Å². The number of pyridine rings is 4. The number of nitrogens with zero attached hydrogens (tertiary/aromatic N) is 6. The number of rotatable bonds is 11. The van der Waals surface area contributed by atoms with Crippen molar-refractivity contribution in [2.24, 2.45) is 0 Å². The highest BCUT2D eigenvalue weighted by molar-refractivity contribution is 5.76. The van der Waals surface area contributed by atoms with Crippen molar-refractivity contribution in [1.82, 2.24) is 24.8 Å². The first-order valence-corrected chi connectivity index (χ1v) is 26.7. The number of aromatic amines is 2. The Hall–Kier alpha value is -8.51. The molecule has 0 bridgehead atoms. The van der Waals surface area contributed by atoms with Gasteiger partial charge in [0.1, 0.15) is 28.8 Å². The molecule has 4 aromatic carbocycles. The molecule has 78 heavy (non-hydrogen) atoms. The fourth-order valence-corrected chi connectivity index (χ4v) is 10.7. The first-order chi connectivity index (χ1) is 38.2. The molecule has 5 aliphatic heterocycles. The quantitative estimate of drug-likeness (QED) is 0.0907. The van der Waals surface area contributed by atoms with Crippen LogP contribution >= 0.6 is 0 Å². The zero-order valence-electron chi connectivity index (χ0n) is 43.5. The van der Waals surface area contributed by atoms with Crippen molar-refractivity contribution in [2.45, 2.75) is 25.9 Å². The Morgan fingerprint density at radius 2 is 1.03 bits per heavy atom. The third-order valence-corrected chi connectivity index (χ3v) is 14.9. The first-order valence-electron chi connectivity index (χ1n) is 26.7. The van der Waals surface area contributed by atoms with E-state index in [1.54, 1.807) is 18.2 Å². The van der Waals surface area contributed by atoms with Gasteiger partial charge >= 0.3 is 0 Å². The number of halogens is 1. The van der Waals surface area contributed by atoms with Gasteiger partial charge in [-0.25, -0.2) is 9.97 Å². The van der Waals surface area contributed by atoms with Gasteiger partial charge in [0.25, 0.3) is 0 Å². The molecular formula is C61H61FN10O6. The van der Waals surface area contributed by atoms with Gasteiger partial charge in [-0.05, 0) is 114 Å². The zero-order chi connectivity index (χ0) is 53.0. The molecule has 0 saturated carbocycles. The van der Waals surface area contributed by atoms with Crippen LogP contribution in [0.1, 0.15) is 33.4 Å². The predicted octanol–water partition coefficient (Wildman–Crippen LogP) is 9.06. The van der Waals surface area contributed by atoms with Crippen molar-refractivity contribution >= 4 is 28.6 Å². The third kappa shape index (κ3) is 11.4. The number of hydrogen-bond donors (Lipinski definition) is 4. The molecule has 3 saturated heterocycles. The van der Waals surface area contributed by atoms with Crippen LogP contribution in [0.2, 0.25) is 0 Å². The lowest BCUT2D eigenvalue weighted by atomic mass is 9.96. The van der Waals surface area contributed by atoms with Crippen LogP contribution in [-0.2, 0) is 35.4 Å². The number of nitrogens with one attached hydrogen (secondary N) is 4. The van der Waals surface area contributed by atoms with Gasteiger partial charge in [-0.2, -0.15) is 4.39 Å². The average Bonchev–Trinajstić information content (AvgIpc) is 3.59. The number of fused-ring (bicyclic) bond motifs is 4. The Morgan fingerprint density at radius 1 is 0.526 bits per heavy atom. The second-order valence-electron chi connectivity index (χ2n) is 20.2. The van der Waals surface area contributed by atoms with Crippen molar-refractivity contribution in [1.29, 1.82) is 0 Å². The molecule has 5 aliphatic rings. The van der Waals surface area contributed by atoms with E-state index in [-0.39, 0.29) is 11.1 Å². The van der Waals surface area contributed by atoms with E-state index >= 15 is 0 Å². The minimum atomic E-state index is -0.489. The molecule has 0 radical (unpaired) electrons. The molecule has 0 unspecified atom stereocenters. The number of hydrogen-bond acceptors (Lipinski definition) is 14. The Bertz CT molecular complexity index is 3590. The number of piperazine rings is 1. The molecule has 0 spiro atoms. The van der Waals surface area contributed by atoms with Crippen LogP contribution in [0.3, 0.4) is 0 Å². The normalized spacial score (nSPS) is 15.8. The fourth-order valence-electron chi connectivity index (χ4n) is 10.7. The minimum absolute atomic E-state index is 0.122. The molecule has 398 valence electrons. The Kier molecular flexibility index (Phi) is 14.6. The van der Waals surface area contributed by atoms with E-state index in [9.17, 15) is 14.0 Å². The highest BCUT2D eigenvalue weighted by atomic mass is 19.1. The molecule has 3 fully saturated rings. The maximum Gasteiger partial charge on any atom is 0.250 e. The van der Waals surface area contributed by atoms with Crippen LogP contribution in [0.25, 0.3) is 22.5 Å². The summed E-state index contributed by atoms with van der Waals surface area (Å²) in [6.45, 7) is 11.0. The summed E-state index contributed by atoms with van der Waals surface area (Å²) in [5.74, 6) is 3.74. The molecular weight excluding hydrogens is 988 g/mol. The number of anilines is 5. The summed E-state index contributed by atoms with van der Waals surface area (Å²) in [6, 6.07) is 39.2. The van der Waals surface area contributed by atoms with E-state index < -0.39 is 5.95 Å². The SMILES string of the molecule is CN1CCN(c2cc(CNc3ccc4c(c3)Cc3cccc(-c5cc(N6CCOCC6)cc(=O)[nH]5)c3O4)ccn2)CC1.O=c1cc(N2CCOCC2)cc(-c2cccc3c2Oc2ccc(NCc4ccnc(F)c4)cc2C3)[nH]1. The van der Waals surface area contributed by atoms with Crippen LogP contribution in [0.15, 0.2) is 143 Å². The van der Waals surface area contributed by atoms with E-state index in [2.05, 4.69) is 93.6 Å². The van der Waals surface area contributed by atoms with E-state index in [1.807, 2.05) is 66.9 Å². The summed E-state index contributed by atoms with van der Waals surface area (Å²) in [7, 11) is 2.17. The van der Waals surface area contributed by atoms with Crippen LogP contribution in [0.4, 0.5) is 33.0 Å². The highest BCUT2D eigenvalue weighted by Crippen LogP contribution is 2.45. The second kappa shape index (κ2) is 22.6. The van der Waals surface area contributed by atoms with E-state index in [4.69, 9.17) is 18.9 Å². The van der Waals surface area contributed by atoms with E-state index in [0.29, 0.717) is 39.4 Å². The summed E-state index contributed by atoms with van der Waals surface area (Å²) in [6.07, 6.45) is 4.82. The number of para-hydroxylation sites is 2. The van der Waals surface area contributed by atoms with E-state index in [0.717, 1.165) is 167 Å². The number of likely N-dealkylation sites (N-methyl/N-ethyl adjacent to an activating group) is 1. The highest BCUT2D eigenvalue weighted by Gasteiger charge is 2.25. The van der Waals surface area contributed by atoms with Gasteiger partial charge in [-0.3, -0.25) is 9.59 Å². The van der Waals surface area contributed by atoms with Gasteiger partial charge in [0.05, 0.1) is 37.8 Å². The Balaban J connectivity index is 0.000000158.